The summed E-state index contributed by atoms with van der Waals surface area (Å²) >= 11 is 0. The van der Waals surface area contributed by atoms with Gasteiger partial charge in [0.1, 0.15) is 6.04 Å². The number of piperidine rings is 1. The molecule has 0 unspecified atom stereocenters. The van der Waals surface area contributed by atoms with Crippen LogP contribution in [0.5, 0.6) is 0 Å². The second-order valence-electron chi connectivity index (χ2n) is 3.32. The molecule has 1 saturated heterocycles. The predicted molar refractivity (Wildman–Crippen MR) is 50.4 cm³/mol. The van der Waals surface area contributed by atoms with Crippen molar-refractivity contribution in [2.75, 3.05) is 6.54 Å². The van der Waals surface area contributed by atoms with Crippen LogP contribution in [0.25, 0.3) is 0 Å². The second-order valence-corrected chi connectivity index (χ2v) is 3.32. The molecule has 0 aliphatic carbocycles. The highest BCUT2D eigenvalue weighted by Crippen LogP contribution is 2.17. The van der Waals surface area contributed by atoms with Gasteiger partial charge in [0.25, 0.3) is 0 Å². The van der Waals surface area contributed by atoms with Gasteiger partial charge in [0, 0.05) is 6.54 Å². The lowest BCUT2D eigenvalue weighted by Crippen LogP contribution is -2.47. The van der Waals surface area contributed by atoms with E-state index in [2.05, 4.69) is 5.92 Å². The van der Waals surface area contributed by atoms with Crippen molar-refractivity contribution in [2.24, 2.45) is 0 Å². The number of terminal acetylenes is 1. The minimum absolute atomic E-state index is 0.0101. The Hall–Kier alpha value is -1.50. The molecule has 0 bridgehead atoms. The number of amides is 1. The van der Waals surface area contributed by atoms with Crippen molar-refractivity contribution >= 4 is 11.9 Å². The number of likely N-dealkylation sites (tertiary alicyclic amines) is 1. The Balaban J connectivity index is 2.68. The van der Waals surface area contributed by atoms with Crippen LogP contribution in [0.2, 0.25) is 0 Å². The van der Waals surface area contributed by atoms with E-state index in [-0.39, 0.29) is 12.3 Å². The van der Waals surface area contributed by atoms with Gasteiger partial charge in [0.05, 0.1) is 6.42 Å². The zero-order valence-corrected chi connectivity index (χ0v) is 7.90. The first-order valence-electron chi connectivity index (χ1n) is 4.62. The molecule has 1 heterocycles. The first-order chi connectivity index (χ1) is 6.66. The minimum Gasteiger partial charge on any atom is -0.480 e. The molecule has 1 aliphatic heterocycles. The number of hydrogen-bond acceptors (Lipinski definition) is 2. The van der Waals surface area contributed by atoms with Gasteiger partial charge in [-0.25, -0.2) is 4.79 Å². The maximum absolute atomic E-state index is 11.4. The van der Waals surface area contributed by atoms with Crippen LogP contribution in [0.4, 0.5) is 0 Å². The number of carbonyl (C=O) groups is 2. The molecule has 0 aromatic rings. The predicted octanol–water partition coefficient (Wildman–Crippen LogP) is 0.475. The molecule has 0 saturated carbocycles. The van der Waals surface area contributed by atoms with Crippen LogP contribution >= 0.6 is 0 Å². The van der Waals surface area contributed by atoms with Gasteiger partial charge in [-0.05, 0) is 19.3 Å². The van der Waals surface area contributed by atoms with E-state index in [4.69, 9.17) is 11.5 Å². The van der Waals surface area contributed by atoms with E-state index in [1.54, 1.807) is 0 Å². The summed E-state index contributed by atoms with van der Waals surface area (Å²) in [4.78, 5) is 23.6. The number of hydrogen-bond donors (Lipinski definition) is 1. The van der Waals surface area contributed by atoms with Gasteiger partial charge >= 0.3 is 5.97 Å². The highest BCUT2D eigenvalue weighted by Gasteiger charge is 2.31. The maximum atomic E-state index is 11.4. The van der Waals surface area contributed by atoms with E-state index in [1.165, 1.54) is 4.90 Å². The summed E-state index contributed by atoms with van der Waals surface area (Å²) in [6.07, 6.45) is 7.26. The van der Waals surface area contributed by atoms with E-state index in [1.807, 2.05) is 0 Å². The Labute approximate surface area is 82.9 Å². The first kappa shape index (κ1) is 10.6. The molecule has 4 heteroatoms. The van der Waals surface area contributed by atoms with Gasteiger partial charge in [-0.2, -0.15) is 0 Å². The molecule has 1 amide bonds. The monoisotopic (exact) mass is 195 g/mol. The van der Waals surface area contributed by atoms with Crippen LogP contribution in [0.15, 0.2) is 0 Å². The summed E-state index contributed by atoms with van der Waals surface area (Å²) in [5, 5.41) is 8.88. The topological polar surface area (TPSA) is 57.6 Å². The van der Waals surface area contributed by atoms with Crippen LogP contribution < -0.4 is 0 Å². The summed E-state index contributed by atoms with van der Waals surface area (Å²) in [5.41, 5.74) is 0. The fourth-order valence-electron chi connectivity index (χ4n) is 1.68. The van der Waals surface area contributed by atoms with Crippen molar-refractivity contribution in [3.05, 3.63) is 0 Å². The molecule has 1 atom stereocenters. The number of carboxylic acids is 1. The molecule has 0 spiro atoms. The van der Waals surface area contributed by atoms with Crippen molar-refractivity contribution in [2.45, 2.75) is 31.7 Å². The van der Waals surface area contributed by atoms with Crippen molar-refractivity contribution in [1.82, 2.24) is 4.90 Å². The average molecular weight is 195 g/mol. The highest BCUT2D eigenvalue weighted by atomic mass is 16.4. The molecule has 0 aromatic heterocycles. The number of nitrogens with zero attached hydrogens (tertiary/aromatic N) is 1. The van der Waals surface area contributed by atoms with Crippen molar-refractivity contribution in [3.63, 3.8) is 0 Å². The quantitative estimate of drug-likeness (QED) is 0.652. The molecule has 0 aromatic carbocycles. The number of carbonyl (C=O) groups excluding carboxylic acids is 1. The molecule has 1 rings (SSSR count). The molecule has 14 heavy (non-hydrogen) atoms. The Bertz CT molecular complexity index is 280. The zero-order chi connectivity index (χ0) is 10.6. The molecule has 4 nitrogen and oxygen atoms in total. The van der Waals surface area contributed by atoms with E-state index in [9.17, 15) is 9.59 Å². The Morgan fingerprint density at radius 2 is 2.21 bits per heavy atom. The molecule has 1 aliphatic rings. The summed E-state index contributed by atoms with van der Waals surface area (Å²) in [6, 6.07) is -0.676. The SMILES string of the molecule is C#CCC(=O)N1CCCC[C@H]1C(=O)O. The summed E-state index contributed by atoms with van der Waals surface area (Å²) in [5.74, 6) is 1.05. The smallest absolute Gasteiger partial charge is 0.326 e. The normalized spacial score (nSPS) is 21.4. The number of rotatable bonds is 2. The van der Waals surface area contributed by atoms with Gasteiger partial charge in [-0.1, -0.05) is 5.92 Å². The largest absolute Gasteiger partial charge is 0.480 e. The lowest BCUT2D eigenvalue weighted by molar-refractivity contribution is -0.151. The van der Waals surface area contributed by atoms with Gasteiger partial charge in [-0.15, -0.1) is 6.42 Å². The van der Waals surface area contributed by atoms with E-state index in [0.29, 0.717) is 13.0 Å². The van der Waals surface area contributed by atoms with Crippen molar-refractivity contribution in [3.8, 4) is 12.3 Å². The van der Waals surface area contributed by atoms with Crippen LogP contribution in [-0.4, -0.2) is 34.5 Å². The van der Waals surface area contributed by atoms with Gasteiger partial charge in [0.2, 0.25) is 5.91 Å². The average Bonchev–Trinajstić information content (AvgIpc) is 2.18. The third kappa shape index (κ3) is 2.25. The zero-order valence-electron chi connectivity index (χ0n) is 7.90. The van der Waals surface area contributed by atoms with E-state index < -0.39 is 12.0 Å². The van der Waals surface area contributed by atoms with Crippen LogP contribution in [-0.2, 0) is 9.59 Å². The fourth-order valence-corrected chi connectivity index (χ4v) is 1.68. The molecular formula is C10H13NO3. The summed E-state index contributed by atoms with van der Waals surface area (Å²) in [6.45, 7) is 0.511. The van der Waals surface area contributed by atoms with Crippen LogP contribution in [0.3, 0.4) is 0 Å². The van der Waals surface area contributed by atoms with E-state index >= 15 is 0 Å². The third-order valence-corrected chi connectivity index (χ3v) is 2.36. The summed E-state index contributed by atoms with van der Waals surface area (Å²) < 4.78 is 0. The lowest BCUT2D eigenvalue weighted by atomic mass is 10.0. The standard InChI is InChI=1S/C10H13NO3/c1-2-5-9(12)11-7-4-3-6-8(11)10(13)14/h1,8H,3-7H2,(H,13,14)/t8-/m0/s1. The van der Waals surface area contributed by atoms with Crippen molar-refractivity contribution in [1.29, 1.82) is 0 Å². The highest BCUT2D eigenvalue weighted by molar-refractivity contribution is 5.85. The molecule has 1 N–H and O–H groups in total. The van der Waals surface area contributed by atoms with Gasteiger partial charge in [-0.3, -0.25) is 4.79 Å². The minimum atomic E-state index is -0.935. The molecule has 76 valence electrons. The van der Waals surface area contributed by atoms with Crippen LogP contribution in [0.1, 0.15) is 25.7 Å². The van der Waals surface area contributed by atoms with Gasteiger partial charge < -0.3 is 10.0 Å². The van der Waals surface area contributed by atoms with Crippen molar-refractivity contribution < 1.29 is 14.7 Å². The number of carboxylic acid groups (broad SMARTS) is 1. The molecule has 0 radical (unpaired) electrons. The molecular weight excluding hydrogens is 182 g/mol. The number of aliphatic carboxylic acids is 1. The Morgan fingerprint density at radius 1 is 1.50 bits per heavy atom. The van der Waals surface area contributed by atoms with Gasteiger partial charge in [0.15, 0.2) is 0 Å². The third-order valence-electron chi connectivity index (χ3n) is 2.36. The Kier molecular flexibility index (Phi) is 3.52. The second kappa shape index (κ2) is 4.66. The Morgan fingerprint density at radius 3 is 2.79 bits per heavy atom. The van der Waals surface area contributed by atoms with Crippen LogP contribution in [0, 0.1) is 12.3 Å². The fraction of sp³-hybridized carbons (Fsp3) is 0.600. The first-order valence-corrected chi connectivity index (χ1v) is 4.62. The molecule has 1 fully saturated rings. The summed E-state index contributed by atoms with van der Waals surface area (Å²) in [7, 11) is 0. The lowest BCUT2D eigenvalue weighted by Gasteiger charge is -2.32. The maximum Gasteiger partial charge on any atom is 0.326 e. The van der Waals surface area contributed by atoms with E-state index in [0.717, 1.165) is 12.8 Å².